The van der Waals surface area contributed by atoms with Crippen molar-refractivity contribution < 1.29 is 9.53 Å². The zero-order chi connectivity index (χ0) is 11.0. The lowest BCUT2D eigenvalue weighted by molar-refractivity contribution is -0.148. The third-order valence-electron chi connectivity index (χ3n) is 2.60. The van der Waals surface area contributed by atoms with Crippen molar-refractivity contribution in [3.8, 4) is 0 Å². The third-order valence-corrected chi connectivity index (χ3v) is 2.60. The molecule has 0 spiro atoms. The highest BCUT2D eigenvalue weighted by Crippen LogP contribution is 2.15. The van der Waals surface area contributed by atoms with Gasteiger partial charge in [0.1, 0.15) is 0 Å². The summed E-state index contributed by atoms with van der Waals surface area (Å²) in [5.41, 5.74) is 0. The summed E-state index contributed by atoms with van der Waals surface area (Å²) >= 11 is 0. The average molecular weight is 200 g/mol. The first-order chi connectivity index (χ1) is 6.61. The largest absolute Gasteiger partial charge is 0.465 e. The molecule has 0 aromatic rings. The van der Waals surface area contributed by atoms with E-state index in [0.717, 1.165) is 25.7 Å². The van der Waals surface area contributed by atoms with E-state index in [9.17, 15) is 4.79 Å². The van der Waals surface area contributed by atoms with Gasteiger partial charge in [-0.1, -0.05) is 40.5 Å². The molecule has 0 N–H and O–H groups in total. The molecule has 0 aliphatic heterocycles. The zero-order valence-electron chi connectivity index (χ0n) is 10.0. The van der Waals surface area contributed by atoms with Crippen LogP contribution in [-0.4, -0.2) is 12.6 Å². The molecule has 0 saturated carbocycles. The fourth-order valence-electron chi connectivity index (χ4n) is 1.33. The molecule has 0 amide bonds. The van der Waals surface area contributed by atoms with Crippen LogP contribution in [0.1, 0.15) is 53.4 Å². The standard InChI is InChI=1S/C12H24O2/c1-5-7-8-14-12(13)11(4)9-10(3)6-2/h10-11H,5-9H2,1-4H3. The smallest absolute Gasteiger partial charge is 0.308 e. The number of esters is 1. The maximum absolute atomic E-state index is 11.4. The van der Waals surface area contributed by atoms with Gasteiger partial charge in [0, 0.05) is 0 Å². The average Bonchev–Trinajstić information content (AvgIpc) is 2.17. The van der Waals surface area contributed by atoms with Crippen molar-refractivity contribution in [1.82, 2.24) is 0 Å². The van der Waals surface area contributed by atoms with E-state index in [1.807, 2.05) is 6.92 Å². The highest BCUT2D eigenvalue weighted by Gasteiger charge is 2.16. The summed E-state index contributed by atoms with van der Waals surface area (Å²) in [6, 6.07) is 0. The van der Waals surface area contributed by atoms with Gasteiger partial charge < -0.3 is 4.74 Å². The minimum Gasteiger partial charge on any atom is -0.465 e. The van der Waals surface area contributed by atoms with E-state index < -0.39 is 0 Å². The van der Waals surface area contributed by atoms with Crippen molar-refractivity contribution in [2.45, 2.75) is 53.4 Å². The summed E-state index contributed by atoms with van der Waals surface area (Å²) in [6.45, 7) is 8.96. The van der Waals surface area contributed by atoms with Gasteiger partial charge >= 0.3 is 5.97 Å². The molecule has 84 valence electrons. The number of ether oxygens (including phenoxy) is 1. The van der Waals surface area contributed by atoms with Crippen LogP contribution < -0.4 is 0 Å². The van der Waals surface area contributed by atoms with Crippen molar-refractivity contribution in [3.05, 3.63) is 0 Å². The van der Waals surface area contributed by atoms with E-state index in [2.05, 4.69) is 20.8 Å². The van der Waals surface area contributed by atoms with Gasteiger partial charge in [0.2, 0.25) is 0 Å². The van der Waals surface area contributed by atoms with E-state index in [-0.39, 0.29) is 11.9 Å². The Labute approximate surface area is 88.0 Å². The van der Waals surface area contributed by atoms with Crippen molar-refractivity contribution in [3.63, 3.8) is 0 Å². The zero-order valence-corrected chi connectivity index (χ0v) is 10.0. The lowest BCUT2D eigenvalue weighted by Crippen LogP contribution is -2.17. The van der Waals surface area contributed by atoms with E-state index in [1.165, 1.54) is 0 Å². The molecular formula is C12H24O2. The Hall–Kier alpha value is -0.530. The fraction of sp³-hybridized carbons (Fsp3) is 0.917. The SMILES string of the molecule is CCCCOC(=O)C(C)CC(C)CC. The Morgan fingerprint density at radius 3 is 2.43 bits per heavy atom. The Balaban J connectivity index is 3.64. The Morgan fingerprint density at radius 1 is 1.29 bits per heavy atom. The molecule has 0 fully saturated rings. The van der Waals surface area contributed by atoms with Gasteiger partial charge in [-0.3, -0.25) is 4.79 Å². The number of unbranched alkanes of at least 4 members (excludes halogenated alkanes) is 1. The molecule has 0 radical (unpaired) electrons. The van der Waals surface area contributed by atoms with Gasteiger partial charge in [0.05, 0.1) is 12.5 Å². The fourth-order valence-corrected chi connectivity index (χ4v) is 1.33. The molecule has 2 nitrogen and oxygen atoms in total. The first-order valence-electron chi connectivity index (χ1n) is 5.78. The van der Waals surface area contributed by atoms with E-state index in [4.69, 9.17) is 4.74 Å². The van der Waals surface area contributed by atoms with Gasteiger partial charge in [-0.15, -0.1) is 0 Å². The van der Waals surface area contributed by atoms with Gasteiger partial charge in [-0.25, -0.2) is 0 Å². The summed E-state index contributed by atoms with van der Waals surface area (Å²) in [5, 5.41) is 0. The first-order valence-corrected chi connectivity index (χ1v) is 5.78. The van der Waals surface area contributed by atoms with Crippen LogP contribution in [0.4, 0.5) is 0 Å². The lowest BCUT2D eigenvalue weighted by Gasteiger charge is -2.14. The molecule has 14 heavy (non-hydrogen) atoms. The molecule has 0 aromatic heterocycles. The van der Waals surface area contributed by atoms with Gasteiger partial charge in [0.25, 0.3) is 0 Å². The molecule has 0 aromatic carbocycles. The van der Waals surface area contributed by atoms with Crippen molar-refractivity contribution in [1.29, 1.82) is 0 Å². The monoisotopic (exact) mass is 200 g/mol. The second-order valence-corrected chi connectivity index (χ2v) is 4.17. The number of carbonyl (C=O) groups excluding carboxylic acids is 1. The first kappa shape index (κ1) is 13.5. The number of rotatable bonds is 7. The Bertz CT molecular complexity index is 154. The summed E-state index contributed by atoms with van der Waals surface area (Å²) in [7, 11) is 0. The predicted octanol–water partition coefficient (Wildman–Crippen LogP) is 3.40. The van der Waals surface area contributed by atoms with Gasteiger partial charge in [0.15, 0.2) is 0 Å². The maximum Gasteiger partial charge on any atom is 0.308 e. The Morgan fingerprint density at radius 2 is 1.93 bits per heavy atom. The third kappa shape index (κ3) is 6.01. The van der Waals surface area contributed by atoms with Gasteiger partial charge in [-0.2, -0.15) is 0 Å². The quantitative estimate of drug-likeness (QED) is 0.465. The summed E-state index contributed by atoms with van der Waals surface area (Å²) in [4.78, 5) is 11.4. The molecule has 0 aliphatic carbocycles. The topological polar surface area (TPSA) is 26.3 Å². The maximum atomic E-state index is 11.4. The lowest BCUT2D eigenvalue weighted by atomic mass is 9.95. The van der Waals surface area contributed by atoms with Crippen LogP contribution >= 0.6 is 0 Å². The van der Waals surface area contributed by atoms with Crippen LogP contribution in [0.2, 0.25) is 0 Å². The molecule has 0 saturated heterocycles. The predicted molar refractivity (Wildman–Crippen MR) is 59.1 cm³/mol. The normalized spacial score (nSPS) is 14.9. The molecule has 2 heteroatoms. The van der Waals surface area contributed by atoms with Crippen LogP contribution in [-0.2, 0) is 9.53 Å². The van der Waals surface area contributed by atoms with E-state index in [1.54, 1.807) is 0 Å². The van der Waals surface area contributed by atoms with Crippen LogP contribution in [0.15, 0.2) is 0 Å². The second kappa shape index (κ2) is 7.84. The second-order valence-electron chi connectivity index (χ2n) is 4.17. The van der Waals surface area contributed by atoms with Crippen molar-refractivity contribution in [2.75, 3.05) is 6.61 Å². The van der Waals surface area contributed by atoms with Crippen molar-refractivity contribution in [2.24, 2.45) is 11.8 Å². The summed E-state index contributed by atoms with van der Waals surface area (Å²) < 4.78 is 5.15. The molecule has 0 bridgehead atoms. The molecule has 2 atom stereocenters. The summed E-state index contributed by atoms with van der Waals surface area (Å²) in [5.74, 6) is 0.643. The van der Waals surface area contributed by atoms with Crippen molar-refractivity contribution >= 4 is 5.97 Å². The molecule has 0 rings (SSSR count). The Kier molecular flexibility index (Phi) is 7.54. The minimum absolute atomic E-state index is 0.0289. The molecule has 2 unspecified atom stereocenters. The van der Waals surface area contributed by atoms with Crippen LogP contribution in [0.25, 0.3) is 0 Å². The van der Waals surface area contributed by atoms with Crippen LogP contribution in [0, 0.1) is 11.8 Å². The number of hydrogen-bond acceptors (Lipinski definition) is 2. The minimum atomic E-state index is -0.0289. The van der Waals surface area contributed by atoms with Crippen LogP contribution in [0.5, 0.6) is 0 Å². The molecular weight excluding hydrogens is 176 g/mol. The molecule has 0 heterocycles. The van der Waals surface area contributed by atoms with Crippen LogP contribution in [0.3, 0.4) is 0 Å². The summed E-state index contributed by atoms with van der Waals surface area (Å²) in [6.07, 6.45) is 4.13. The van der Waals surface area contributed by atoms with Gasteiger partial charge in [-0.05, 0) is 18.8 Å². The highest BCUT2D eigenvalue weighted by molar-refractivity contribution is 5.71. The highest BCUT2D eigenvalue weighted by atomic mass is 16.5. The van der Waals surface area contributed by atoms with E-state index >= 15 is 0 Å². The molecule has 0 aliphatic rings. The van der Waals surface area contributed by atoms with E-state index in [0.29, 0.717) is 12.5 Å². The number of carbonyl (C=O) groups is 1. The number of hydrogen-bond donors (Lipinski definition) is 0.